The van der Waals surface area contributed by atoms with Gasteiger partial charge in [0.05, 0.1) is 25.2 Å². The summed E-state index contributed by atoms with van der Waals surface area (Å²) in [5.41, 5.74) is 5.07. The molecule has 1 saturated heterocycles. The second-order valence-corrected chi connectivity index (χ2v) is 4.51. The Hall–Kier alpha value is -1.14. The van der Waals surface area contributed by atoms with Crippen LogP contribution in [0.15, 0.2) is 0 Å². The van der Waals surface area contributed by atoms with E-state index in [9.17, 15) is 9.59 Å². The molecule has 2 amide bonds. The molecule has 0 radical (unpaired) electrons. The maximum absolute atomic E-state index is 11.9. The van der Waals surface area contributed by atoms with Crippen LogP contribution >= 0.6 is 0 Å². The van der Waals surface area contributed by atoms with Gasteiger partial charge in [-0.2, -0.15) is 0 Å². The van der Waals surface area contributed by atoms with Crippen LogP contribution < -0.4 is 11.1 Å². The molecule has 1 aliphatic heterocycles. The van der Waals surface area contributed by atoms with Crippen molar-refractivity contribution in [3.05, 3.63) is 0 Å². The summed E-state index contributed by atoms with van der Waals surface area (Å²) >= 11 is 0. The minimum Gasteiger partial charge on any atom is -0.379 e. The van der Waals surface area contributed by atoms with Crippen LogP contribution in [0.3, 0.4) is 0 Å². The van der Waals surface area contributed by atoms with E-state index < -0.39 is 5.41 Å². The van der Waals surface area contributed by atoms with Crippen molar-refractivity contribution in [3.63, 3.8) is 0 Å². The first-order chi connectivity index (χ1) is 7.38. The number of amides is 2. The van der Waals surface area contributed by atoms with Gasteiger partial charge in [-0.05, 0) is 6.92 Å². The lowest BCUT2D eigenvalue weighted by Gasteiger charge is -2.25. The van der Waals surface area contributed by atoms with Crippen LogP contribution in [0.25, 0.3) is 0 Å². The molecular weight excluding hydrogens is 210 g/mol. The van der Waals surface area contributed by atoms with Crippen LogP contribution in [0.5, 0.6) is 0 Å². The van der Waals surface area contributed by atoms with Gasteiger partial charge in [0.2, 0.25) is 11.8 Å². The Labute approximate surface area is 95.1 Å². The van der Waals surface area contributed by atoms with Gasteiger partial charge in [-0.1, -0.05) is 0 Å². The zero-order valence-corrected chi connectivity index (χ0v) is 9.95. The van der Waals surface area contributed by atoms with Gasteiger partial charge in [0.25, 0.3) is 0 Å². The summed E-state index contributed by atoms with van der Waals surface area (Å²) in [6, 6.07) is -0.318. The number of ether oxygens (including phenoxy) is 1. The Kier molecular flexibility index (Phi) is 3.88. The first-order valence-electron chi connectivity index (χ1n) is 5.19. The summed E-state index contributed by atoms with van der Waals surface area (Å²) in [5.74, 6) is -0.378. The van der Waals surface area contributed by atoms with Gasteiger partial charge in [-0.15, -0.1) is 0 Å². The zero-order valence-electron chi connectivity index (χ0n) is 9.95. The van der Waals surface area contributed by atoms with Gasteiger partial charge in [0.15, 0.2) is 0 Å². The number of hydrogen-bond acceptors (Lipinski definition) is 4. The molecule has 6 heteroatoms. The van der Waals surface area contributed by atoms with E-state index in [4.69, 9.17) is 10.5 Å². The van der Waals surface area contributed by atoms with E-state index >= 15 is 0 Å². The van der Waals surface area contributed by atoms with Crippen LogP contribution in [0.1, 0.15) is 6.92 Å². The van der Waals surface area contributed by atoms with Crippen molar-refractivity contribution < 1.29 is 14.3 Å². The van der Waals surface area contributed by atoms with Crippen molar-refractivity contribution in [1.82, 2.24) is 10.2 Å². The number of carbonyl (C=O) groups excluding carboxylic acids is 2. The zero-order chi connectivity index (χ0) is 12.3. The number of carbonyl (C=O) groups is 2. The third-order valence-corrected chi connectivity index (χ3v) is 2.94. The molecule has 0 bridgehead atoms. The maximum Gasteiger partial charge on any atom is 0.241 e. The molecule has 16 heavy (non-hydrogen) atoms. The largest absolute Gasteiger partial charge is 0.379 e. The van der Waals surface area contributed by atoms with Crippen molar-refractivity contribution in [2.45, 2.75) is 13.0 Å². The lowest BCUT2D eigenvalue weighted by Crippen LogP contribution is -2.51. The second-order valence-electron chi connectivity index (χ2n) is 4.51. The molecule has 2 unspecified atom stereocenters. The highest BCUT2D eigenvalue weighted by atomic mass is 16.5. The molecule has 92 valence electrons. The van der Waals surface area contributed by atoms with Crippen LogP contribution in [0, 0.1) is 5.41 Å². The summed E-state index contributed by atoms with van der Waals surface area (Å²) in [6.45, 7) is 2.43. The van der Waals surface area contributed by atoms with E-state index in [-0.39, 0.29) is 24.4 Å². The van der Waals surface area contributed by atoms with Crippen molar-refractivity contribution in [2.75, 3.05) is 33.9 Å². The number of nitrogens with two attached hydrogens (primary N) is 1. The molecule has 0 aromatic carbocycles. The normalized spacial score (nSPS) is 28.9. The summed E-state index contributed by atoms with van der Waals surface area (Å²) in [5, 5.41) is 2.59. The van der Waals surface area contributed by atoms with Gasteiger partial charge in [-0.3, -0.25) is 9.59 Å². The van der Waals surface area contributed by atoms with Crippen molar-refractivity contribution in [3.8, 4) is 0 Å². The van der Waals surface area contributed by atoms with Crippen LogP contribution in [0.2, 0.25) is 0 Å². The van der Waals surface area contributed by atoms with Gasteiger partial charge in [0, 0.05) is 20.1 Å². The molecule has 0 aliphatic carbocycles. The van der Waals surface area contributed by atoms with Crippen molar-refractivity contribution in [2.24, 2.45) is 11.1 Å². The quantitative estimate of drug-likeness (QED) is 0.620. The molecule has 0 aromatic rings. The predicted molar refractivity (Wildman–Crippen MR) is 58.6 cm³/mol. The smallest absolute Gasteiger partial charge is 0.241 e. The third kappa shape index (κ3) is 2.51. The average Bonchev–Trinajstić information content (AvgIpc) is 2.56. The van der Waals surface area contributed by atoms with Gasteiger partial charge in [-0.25, -0.2) is 0 Å². The van der Waals surface area contributed by atoms with E-state index in [0.29, 0.717) is 13.2 Å². The summed E-state index contributed by atoms with van der Waals surface area (Å²) in [6.07, 6.45) is 0. The standard InChI is InChI=1S/C10H19N3O3/c1-10(6-16-5-7(10)11)9(15)12-4-8(14)13(2)3/h7H,4-6,11H2,1-3H3,(H,12,15). The van der Waals surface area contributed by atoms with E-state index in [2.05, 4.69) is 5.32 Å². The molecule has 0 spiro atoms. The fourth-order valence-electron chi connectivity index (χ4n) is 1.44. The molecule has 1 rings (SSSR count). The first kappa shape index (κ1) is 12.9. The Morgan fingerprint density at radius 2 is 2.19 bits per heavy atom. The van der Waals surface area contributed by atoms with E-state index in [0.717, 1.165) is 0 Å². The third-order valence-electron chi connectivity index (χ3n) is 2.94. The minimum atomic E-state index is -0.730. The van der Waals surface area contributed by atoms with Gasteiger partial charge in [0.1, 0.15) is 0 Å². The second kappa shape index (κ2) is 4.80. The number of nitrogens with one attached hydrogen (secondary N) is 1. The Balaban J connectivity index is 2.49. The summed E-state index contributed by atoms with van der Waals surface area (Å²) in [7, 11) is 3.28. The van der Waals surface area contributed by atoms with Crippen LogP contribution in [-0.4, -0.2) is 56.6 Å². The van der Waals surface area contributed by atoms with E-state index in [1.807, 2.05) is 0 Å². The molecule has 2 atom stereocenters. The highest BCUT2D eigenvalue weighted by molar-refractivity contribution is 5.88. The molecule has 1 aliphatic rings. The molecule has 1 heterocycles. The Morgan fingerprint density at radius 1 is 1.56 bits per heavy atom. The van der Waals surface area contributed by atoms with Crippen LogP contribution in [0.4, 0.5) is 0 Å². The highest BCUT2D eigenvalue weighted by Gasteiger charge is 2.44. The van der Waals surface area contributed by atoms with Gasteiger partial charge < -0.3 is 20.7 Å². The predicted octanol–water partition coefficient (Wildman–Crippen LogP) is -1.45. The molecular formula is C10H19N3O3. The summed E-state index contributed by atoms with van der Waals surface area (Å²) < 4.78 is 5.17. The number of nitrogens with zero attached hydrogens (tertiary/aromatic N) is 1. The first-order valence-corrected chi connectivity index (χ1v) is 5.19. The number of rotatable bonds is 3. The summed E-state index contributed by atoms with van der Waals surface area (Å²) in [4.78, 5) is 24.6. The van der Waals surface area contributed by atoms with E-state index in [1.165, 1.54) is 4.90 Å². The van der Waals surface area contributed by atoms with Crippen molar-refractivity contribution in [1.29, 1.82) is 0 Å². The number of likely N-dealkylation sites (N-methyl/N-ethyl adjacent to an activating group) is 1. The van der Waals surface area contributed by atoms with E-state index in [1.54, 1.807) is 21.0 Å². The lowest BCUT2D eigenvalue weighted by molar-refractivity contribution is -0.135. The monoisotopic (exact) mass is 229 g/mol. The van der Waals surface area contributed by atoms with Crippen molar-refractivity contribution >= 4 is 11.8 Å². The fraction of sp³-hybridized carbons (Fsp3) is 0.800. The molecule has 0 saturated carbocycles. The lowest BCUT2D eigenvalue weighted by atomic mass is 9.85. The average molecular weight is 229 g/mol. The maximum atomic E-state index is 11.9. The Bertz CT molecular complexity index is 293. The molecule has 3 N–H and O–H groups in total. The minimum absolute atomic E-state index is 0.00581. The van der Waals surface area contributed by atoms with Crippen LogP contribution in [-0.2, 0) is 14.3 Å². The molecule has 0 aromatic heterocycles. The highest BCUT2D eigenvalue weighted by Crippen LogP contribution is 2.26. The van der Waals surface area contributed by atoms with Gasteiger partial charge >= 0.3 is 0 Å². The Morgan fingerprint density at radius 3 is 2.62 bits per heavy atom. The SMILES string of the molecule is CN(C)C(=O)CNC(=O)C1(C)COCC1N. The molecule has 6 nitrogen and oxygen atoms in total. The molecule has 1 fully saturated rings. The topological polar surface area (TPSA) is 84.7 Å². The number of hydrogen-bond donors (Lipinski definition) is 2. The fourth-order valence-corrected chi connectivity index (χ4v) is 1.44.